The number of amides is 1. The van der Waals surface area contributed by atoms with E-state index in [0.29, 0.717) is 11.4 Å². The highest BCUT2D eigenvalue weighted by Gasteiger charge is 2.32. The second-order valence-electron chi connectivity index (χ2n) is 6.47. The number of carbonyl (C=O) groups excluding carboxylic acids is 1. The van der Waals surface area contributed by atoms with Gasteiger partial charge in [0, 0.05) is 6.07 Å². The van der Waals surface area contributed by atoms with Crippen LogP contribution in [-0.4, -0.2) is 33.7 Å². The van der Waals surface area contributed by atoms with Gasteiger partial charge in [0.05, 0.1) is 25.1 Å². The van der Waals surface area contributed by atoms with Crippen molar-refractivity contribution in [3.8, 4) is 5.75 Å². The number of rotatable bonds is 8. The van der Waals surface area contributed by atoms with Crippen LogP contribution in [0.5, 0.6) is 5.75 Å². The van der Waals surface area contributed by atoms with Crippen LogP contribution in [0.4, 0.5) is 10.1 Å². The Balaban J connectivity index is 2.32. The van der Waals surface area contributed by atoms with E-state index in [2.05, 4.69) is 5.32 Å². The van der Waals surface area contributed by atoms with E-state index in [-0.39, 0.29) is 12.2 Å². The number of carbonyl (C=O) groups is 1. The summed E-state index contributed by atoms with van der Waals surface area (Å²) in [5.74, 6) is -0.316. The van der Waals surface area contributed by atoms with E-state index in [4.69, 9.17) is 4.74 Å². The van der Waals surface area contributed by atoms with Gasteiger partial charge in [-0.25, -0.2) is 12.8 Å². The van der Waals surface area contributed by atoms with Crippen LogP contribution in [0, 0.1) is 5.82 Å². The van der Waals surface area contributed by atoms with Crippen molar-refractivity contribution in [2.75, 3.05) is 17.7 Å². The Hall–Kier alpha value is -2.61. The predicted molar refractivity (Wildman–Crippen MR) is 107 cm³/mol. The SMILES string of the molecule is CC[C@@H](C(=O)N[C@H](C)c1ccc(F)cc1)N(c1cccc(OC)c1)S(C)(=O)=O. The molecule has 2 atom stereocenters. The number of hydrogen-bond acceptors (Lipinski definition) is 4. The van der Waals surface area contributed by atoms with Crippen LogP contribution in [-0.2, 0) is 14.8 Å². The lowest BCUT2D eigenvalue weighted by Crippen LogP contribution is -2.49. The highest BCUT2D eigenvalue weighted by molar-refractivity contribution is 7.92. The molecule has 1 amide bonds. The number of benzene rings is 2. The lowest BCUT2D eigenvalue weighted by Gasteiger charge is -2.31. The summed E-state index contributed by atoms with van der Waals surface area (Å²) in [6, 6.07) is 11.0. The van der Waals surface area contributed by atoms with Gasteiger partial charge in [0.15, 0.2) is 0 Å². The molecule has 6 nitrogen and oxygen atoms in total. The summed E-state index contributed by atoms with van der Waals surface area (Å²) in [5.41, 5.74) is 1.06. The van der Waals surface area contributed by atoms with E-state index >= 15 is 0 Å². The molecule has 0 unspecified atom stereocenters. The van der Waals surface area contributed by atoms with Crippen molar-refractivity contribution in [1.29, 1.82) is 0 Å². The Labute approximate surface area is 165 Å². The number of sulfonamides is 1. The number of anilines is 1. The zero-order valence-corrected chi connectivity index (χ0v) is 17.2. The monoisotopic (exact) mass is 408 g/mol. The third-order valence-electron chi connectivity index (χ3n) is 4.37. The fourth-order valence-electron chi connectivity index (χ4n) is 2.95. The molecule has 0 heterocycles. The average molecular weight is 408 g/mol. The first-order valence-corrected chi connectivity index (χ1v) is 10.7. The van der Waals surface area contributed by atoms with Gasteiger partial charge in [0.1, 0.15) is 17.6 Å². The van der Waals surface area contributed by atoms with Crippen molar-refractivity contribution in [1.82, 2.24) is 5.32 Å². The summed E-state index contributed by atoms with van der Waals surface area (Å²) < 4.78 is 44.4. The van der Waals surface area contributed by atoms with E-state index in [1.807, 2.05) is 0 Å². The molecule has 0 bridgehead atoms. The minimum atomic E-state index is -3.74. The van der Waals surface area contributed by atoms with E-state index < -0.39 is 28.0 Å². The summed E-state index contributed by atoms with van der Waals surface area (Å²) in [5, 5.41) is 2.82. The molecule has 0 radical (unpaired) electrons. The maximum Gasteiger partial charge on any atom is 0.244 e. The zero-order chi connectivity index (χ0) is 20.9. The normalized spacial score (nSPS) is 13.5. The molecule has 0 saturated carbocycles. The highest BCUT2D eigenvalue weighted by Crippen LogP contribution is 2.27. The summed E-state index contributed by atoms with van der Waals surface area (Å²) in [6.45, 7) is 3.50. The maximum absolute atomic E-state index is 13.1. The first-order chi connectivity index (χ1) is 13.2. The first kappa shape index (κ1) is 21.7. The maximum atomic E-state index is 13.1. The summed E-state index contributed by atoms with van der Waals surface area (Å²) >= 11 is 0. The van der Waals surface area contributed by atoms with Gasteiger partial charge in [-0.15, -0.1) is 0 Å². The highest BCUT2D eigenvalue weighted by atomic mass is 32.2. The molecule has 0 aliphatic heterocycles. The molecule has 152 valence electrons. The van der Waals surface area contributed by atoms with Crippen molar-refractivity contribution >= 4 is 21.6 Å². The third kappa shape index (κ3) is 5.22. The Morgan fingerprint density at radius 1 is 1.21 bits per heavy atom. The minimum Gasteiger partial charge on any atom is -0.497 e. The average Bonchev–Trinajstić information content (AvgIpc) is 2.65. The van der Waals surface area contributed by atoms with Crippen LogP contribution in [0.3, 0.4) is 0 Å². The molecule has 2 rings (SSSR count). The van der Waals surface area contributed by atoms with Crippen molar-refractivity contribution in [3.05, 3.63) is 59.9 Å². The molecule has 2 aromatic rings. The Morgan fingerprint density at radius 3 is 2.39 bits per heavy atom. The number of ether oxygens (including phenoxy) is 1. The van der Waals surface area contributed by atoms with Gasteiger partial charge in [-0.05, 0) is 43.2 Å². The molecular weight excluding hydrogens is 383 g/mol. The Kier molecular flexibility index (Phi) is 7.01. The molecule has 0 aliphatic rings. The second-order valence-corrected chi connectivity index (χ2v) is 8.33. The van der Waals surface area contributed by atoms with Crippen molar-refractivity contribution < 1.29 is 22.3 Å². The number of methoxy groups -OCH3 is 1. The van der Waals surface area contributed by atoms with Gasteiger partial charge in [0.2, 0.25) is 15.9 Å². The van der Waals surface area contributed by atoms with Crippen molar-refractivity contribution in [2.24, 2.45) is 0 Å². The van der Waals surface area contributed by atoms with Gasteiger partial charge >= 0.3 is 0 Å². The molecule has 0 saturated heterocycles. The van der Waals surface area contributed by atoms with E-state index in [0.717, 1.165) is 16.1 Å². The third-order valence-corrected chi connectivity index (χ3v) is 5.55. The standard InChI is InChI=1S/C20H25FN2O4S/c1-5-19(20(24)22-14(2)15-9-11-16(21)12-10-15)23(28(4,25)26)17-7-6-8-18(13-17)27-3/h6-14,19H,5H2,1-4H3,(H,22,24)/t14-,19+/m1/s1. The summed E-state index contributed by atoms with van der Waals surface area (Å²) in [6.07, 6.45) is 1.33. The van der Waals surface area contributed by atoms with Crippen LogP contribution >= 0.6 is 0 Å². The molecule has 1 N–H and O–H groups in total. The van der Waals surface area contributed by atoms with E-state index in [1.54, 1.807) is 50.2 Å². The topological polar surface area (TPSA) is 75.7 Å². The molecule has 2 aromatic carbocycles. The number of nitrogens with zero attached hydrogens (tertiary/aromatic N) is 1. The molecule has 8 heteroatoms. The van der Waals surface area contributed by atoms with Gasteiger partial charge in [-0.1, -0.05) is 25.1 Å². The quantitative estimate of drug-likeness (QED) is 0.728. The second kappa shape index (κ2) is 9.05. The van der Waals surface area contributed by atoms with Gasteiger partial charge in [-0.2, -0.15) is 0 Å². The van der Waals surface area contributed by atoms with E-state index in [9.17, 15) is 17.6 Å². The van der Waals surface area contributed by atoms with Crippen LogP contribution in [0.25, 0.3) is 0 Å². The number of nitrogens with one attached hydrogen (secondary N) is 1. The Bertz CT molecular complexity index is 916. The largest absolute Gasteiger partial charge is 0.497 e. The van der Waals surface area contributed by atoms with Crippen LogP contribution < -0.4 is 14.4 Å². The van der Waals surface area contributed by atoms with Crippen molar-refractivity contribution in [2.45, 2.75) is 32.4 Å². The van der Waals surface area contributed by atoms with Crippen LogP contribution in [0.1, 0.15) is 31.9 Å². The summed E-state index contributed by atoms with van der Waals surface area (Å²) in [4.78, 5) is 12.9. The van der Waals surface area contributed by atoms with Gasteiger partial charge < -0.3 is 10.1 Å². The molecule has 0 aliphatic carbocycles. The Morgan fingerprint density at radius 2 is 1.86 bits per heavy atom. The molecule has 0 aromatic heterocycles. The van der Waals surface area contributed by atoms with Crippen LogP contribution in [0.15, 0.2) is 48.5 Å². The fourth-order valence-corrected chi connectivity index (χ4v) is 4.16. The van der Waals surface area contributed by atoms with E-state index in [1.165, 1.54) is 19.2 Å². The molecular formula is C20H25FN2O4S. The fraction of sp³-hybridized carbons (Fsp3) is 0.350. The molecule has 28 heavy (non-hydrogen) atoms. The van der Waals surface area contributed by atoms with Gasteiger partial charge in [0.25, 0.3) is 0 Å². The van der Waals surface area contributed by atoms with Crippen molar-refractivity contribution in [3.63, 3.8) is 0 Å². The molecule has 0 spiro atoms. The van der Waals surface area contributed by atoms with Gasteiger partial charge in [-0.3, -0.25) is 9.10 Å². The zero-order valence-electron chi connectivity index (χ0n) is 16.3. The lowest BCUT2D eigenvalue weighted by atomic mass is 10.1. The number of halogens is 1. The smallest absolute Gasteiger partial charge is 0.244 e. The first-order valence-electron chi connectivity index (χ1n) is 8.86. The minimum absolute atomic E-state index is 0.270. The lowest BCUT2D eigenvalue weighted by molar-refractivity contribution is -0.122. The number of hydrogen-bond donors (Lipinski definition) is 1. The predicted octanol–water partition coefficient (Wildman–Crippen LogP) is 3.26. The summed E-state index contributed by atoms with van der Waals surface area (Å²) in [7, 11) is -2.25. The molecule has 0 fully saturated rings. The van der Waals surface area contributed by atoms with Crippen LogP contribution in [0.2, 0.25) is 0 Å².